The maximum absolute atomic E-state index is 12.1. The van der Waals surface area contributed by atoms with Crippen LogP contribution >= 0.6 is 11.3 Å². The number of carbonyl (C=O) groups excluding carboxylic acids is 1. The summed E-state index contributed by atoms with van der Waals surface area (Å²) in [6.45, 7) is 3.91. The highest BCUT2D eigenvalue weighted by molar-refractivity contribution is 7.15. The zero-order valence-electron chi connectivity index (χ0n) is 16.9. The van der Waals surface area contributed by atoms with Crippen LogP contribution in [0.4, 0.5) is 5.13 Å². The van der Waals surface area contributed by atoms with Gasteiger partial charge in [0.25, 0.3) is 11.8 Å². The fraction of sp³-hybridized carbons (Fsp3) is 0.190. The molecular formula is C21H19N5O4S. The maximum atomic E-state index is 12.1. The molecular weight excluding hydrogens is 418 g/mol. The number of aromatic nitrogens is 4. The van der Waals surface area contributed by atoms with Crippen LogP contribution in [-0.2, 0) is 4.79 Å². The number of anilines is 1. The summed E-state index contributed by atoms with van der Waals surface area (Å²) in [5, 5.41) is 15.6. The fourth-order valence-corrected chi connectivity index (χ4v) is 3.33. The molecule has 0 aliphatic heterocycles. The first-order chi connectivity index (χ1) is 15.1. The summed E-state index contributed by atoms with van der Waals surface area (Å²) in [4.78, 5) is 16.6. The molecule has 158 valence electrons. The molecule has 0 aliphatic rings. The molecule has 4 rings (SSSR count). The minimum absolute atomic E-state index is 0.196. The minimum Gasteiger partial charge on any atom is -0.490 e. The Hall–Kier alpha value is -3.79. The van der Waals surface area contributed by atoms with Crippen LogP contribution < -0.4 is 14.8 Å². The second-order valence-electron chi connectivity index (χ2n) is 6.35. The molecule has 1 amide bonds. The molecule has 0 saturated heterocycles. The van der Waals surface area contributed by atoms with Crippen molar-refractivity contribution in [3.8, 4) is 34.3 Å². The van der Waals surface area contributed by atoms with Gasteiger partial charge in [0.15, 0.2) is 18.1 Å². The van der Waals surface area contributed by atoms with Crippen molar-refractivity contribution in [2.75, 3.05) is 18.5 Å². The average molecular weight is 437 g/mol. The van der Waals surface area contributed by atoms with E-state index in [0.29, 0.717) is 40.5 Å². The van der Waals surface area contributed by atoms with Gasteiger partial charge in [-0.05, 0) is 44.2 Å². The molecule has 2 heterocycles. The van der Waals surface area contributed by atoms with Gasteiger partial charge in [0.2, 0.25) is 11.0 Å². The molecule has 0 aliphatic carbocycles. The summed E-state index contributed by atoms with van der Waals surface area (Å²) in [6.07, 6.45) is 0. The number of hydrogen-bond acceptors (Lipinski definition) is 9. The predicted molar refractivity (Wildman–Crippen MR) is 115 cm³/mol. The molecule has 0 radical (unpaired) electrons. The van der Waals surface area contributed by atoms with Crippen molar-refractivity contribution >= 4 is 22.4 Å². The number of aryl methyl sites for hydroxylation is 1. The van der Waals surface area contributed by atoms with Crippen molar-refractivity contribution in [2.24, 2.45) is 0 Å². The van der Waals surface area contributed by atoms with E-state index in [0.717, 1.165) is 10.6 Å². The number of nitrogens with zero attached hydrogens (tertiary/aromatic N) is 4. The quantitative estimate of drug-likeness (QED) is 0.440. The van der Waals surface area contributed by atoms with Crippen LogP contribution in [0.2, 0.25) is 0 Å². The number of amides is 1. The van der Waals surface area contributed by atoms with Crippen LogP contribution in [0.15, 0.2) is 53.1 Å². The molecule has 0 saturated carbocycles. The molecule has 2 aromatic carbocycles. The van der Waals surface area contributed by atoms with Gasteiger partial charge in [0.05, 0.1) is 6.61 Å². The largest absolute Gasteiger partial charge is 0.490 e. The molecule has 0 atom stereocenters. The van der Waals surface area contributed by atoms with Crippen molar-refractivity contribution in [2.45, 2.75) is 13.8 Å². The van der Waals surface area contributed by atoms with E-state index in [1.54, 1.807) is 18.2 Å². The van der Waals surface area contributed by atoms with Gasteiger partial charge >= 0.3 is 0 Å². The highest BCUT2D eigenvalue weighted by atomic mass is 32.1. The summed E-state index contributed by atoms with van der Waals surface area (Å²) in [5.41, 5.74) is 1.54. The van der Waals surface area contributed by atoms with Crippen LogP contribution in [0.3, 0.4) is 0 Å². The normalized spacial score (nSPS) is 10.6. The fourth-order valence-electron chi connectivity index (χ4n) is 2.72. The Balaban J connectivity index is 1.47. The van der Waals surface area contributed by atoms with Crippen molar-refractivity contribution in [1.29, 1.82) is 0 Å². The number of benzene rings is 2. The van der Waals surface area contributed by atoms with E-state index in [1.807, 2.05) is 44.2 Å². The first-order valence-electron chi connectivity index (χ1n) is 9.51. The lowest BCUT2D eigenvalue weighted by Gasteiger charge is -2.12. The van der Waals surface area contributed by atoms with Gasteiger partial charge in [0, 0.05) is 11.1 Å². The minimum atomic E-state index is -0.339. The molecule has 0 unspecified atom stereocenters. The SMILES string of the molecule is CCOc1cc(-c2noc(-c3ccccc3)n2)ccc1OCC(=O)Nc1nnc(C)s1. The van der Waals surface area contributed by atoms with Gasteiger partial charge in [-0.1, -0.05) is 34.7 Å². The van der Waals surface area contributed by atoms with Gasteiger partial charge in [-0.25, -0.2) is 0 Å². The zero-order chi connectivity index (χ0) is 21.6. The van der Waals surface area contributed by atoms with Crippen LogP contribution in [0.25, 0.3) is 22.8 Å². The molecule has 0 spiro atoms. The Labute approximate surface area is 182 Å². The number of rotatable bonds is 8. The highest BCUT2D eigenvalue weighted by Gasteiger charge is 2.15. The average Bonchev–Trinajstić information content (AvgIpc) is 3.43. The molecule has 4 aromatic rings. The third-order valence-electron chi connectivity index (χ3n) is 4.08. The van der Waals surface area contributed by atoms with E-state index in [4.69, 9.17) is 14.0 Å². The summed E-state index contributed by atoms with van der Waals surface area (Å²) >= 11 is 1.29. The van der Waals surface area contributed by atoms with Crippen molar-refractivity contribution in [3.63, 3.8) is 0 Å². The highest BCUT2D eigenvalue weighted by Crippen LogP contribution is 2.32. The third kappa shape index (κ3) is 5.04. The van der Waals surface area contributed by atoms with Crippen LogP contribution in [-0.4, -0.2) is 39.5 Å². The second kappa shape index (κ2) is 9.35. The van der Waals surface area contributed by atoms with E-state index < -0.39 is 0 Å². The topological polar surface area (TPSA) is 112 Å². The first kappa shape index (κ1) is 20.5. The van der Waals surface area contributed by atoms with E-state index in [1.165, 1.54) is 11.3 Å². The van der Waals surface area contributed by atoms with Crippen LogP contribution in [0.1, 0.15) is 11.9 Å². The van der Waals surface area contributed by atoms with Gasteiger partial charge in [0.1, 0.15) is 5.01 Å². The van der Waals surface area contributed by atoms with Gasteiger partial charge in [-0.15, -0.1) is 10.2 Å². The monoisotopic (exact) mass is 437 g/mol. The molecule has 0 fully saturated rings. The molecule has 9 nitrogen and oxygen atoms in total. The zero-order valence-corrected chi connectivity index (χ0v) is 17.7. The summed E-state index contributed by atoms with van der Waals surface area (Å²) in [6, 6.07) is 14.8. The summed E-state index contributed by atoms with van der Waals surface area (Å²) in [5.74, 6) is 1.42. The molecule has 2 aromatic heterocycles. The van der Waals surface area contributed by atoms with Crippen LogP contribution in [0.5, 0.6) is 11.5 Å². The number of carbonyl (C=O) groups is 1. The Kier molecular flexibility index (Phi) is 6.18. The lowest BCUT2D eigenvalue weighted by atomic mass is 10.2. The van der Waals surface area contributed by atoms with E-state index in [-0.39, 0.29) is 12.5 Å². The number of hydrogen-bond donors (Lipinski definition) is 1. The third-order valence-corrected chi connectivity index (χ3v) is 4.83. The van der Waals surface area contributed by atoms with Crippen LogP contribution in [0, 0.1) is 6.92 Å². The Morgan fingerprint density at radius 2 is 1.90 bits per heavy atom. The number of ether oxygens (including phenoxy) is 2. The van der Waals surface area contributed by atoms with Crippen molar-refractivity contribution in [3.05, 3.63) is 53.5 Å². The van der Waals surface area contributed by atoms with Crippen molar-refractivity contribution in [1.82, 2.24) is 20.3 Å². The smallest absolute Gasteiger partial charge is 0.264 e. The van der Waals surface area contributed by atoms with Gasteiger partial charge < -0.3 is 14.0 Å². The van der Waals surface area contributed by atoms with Crippen molar-refractivity contribution < 1.29 is 18.8 Å². The molecule has 1 N–H and O–H groups in total. The van der Waals surface area contributed by atoms with E-state index in [9.17, 15) is 4.79 Å². The second-order valence-corrected chi connectivity index (χ2v) is 7.53. The molecule has 10 heteroatoms. The number of nitrogens with one attached hydrogen (secondary N) is 1. The lowest BCUT2D eigenvalue weighted by molar-refractivity contribution is -0.118. The summed E-state index contributed by atoms with van der Waals surface area (Å²) in [7, 11) is 0. The van der Waals surface area contributed by atoms with E-state index >= 15 is 0 Å². The summed E-state index contributed by atoms with van der Waals surface area (Å²) < 4.78 is 16.7. The lowest BCUT2D eigenvalue weighted by Crippen LogP contribution is -2.20. The predicted octanol–water partition coefficient (Wildman–Crippen LogP) is 3.98. The Morgan fingerprint density at radius 1 is 1.06 bits per heavy atom. The molecule has 31 heavy (non-hydrogen) atoms. The standard InChI is InChI=1S/C21H19N5O4S/c1-3-28-17-11-15(19-23-20(30-26-19)14-7-5-4-6-8-14)9-10-16(17)29-12-18(27)22-21-25-24-13(2)31-21/h4-11H,3,12H2,1-2H3,(H,22,25,27). The first-order valence-corrected chi connectivity index (χ1v) is 10.3. The van der Waals surface area contributed by atoms with E-state index in [2.05, 4.69) is 25.7 Å². The maximum Gasteiger partial charge on any atom is 0.264 e. The Bertz CT molecular complexity index is 1180. The Morgan fingerprint density at radius 3 is 2.65 bits per heavy atom. The van der Waals surface area contributed by atoms with Gasteiger partial charge in [-0.3, -0.25) is 10.1 Å². The molecule has 0 bridgehead atoms. The van der Waals surface area contributed by atoms with Gasteiger partial charge in [-0.2, -0.15) is 4.98 Å².